The Hall–Kier alpha value is -3.70. The van der Waals surface area contributed by atoms with Crippen LogP contribution in [0.15, 0.2) is 71.2 Å². The molecule has 1 N–H and O–H groups in total. The smallest absolute Gasteiger partial charge is 0.357 e. The van der Waals surface area contributed by atoms with Gasteiger partial charge in [-0.2, -0.15) is 0 Å². The molecule has 0 aliphatic carbocycles. The molecule has 4 aromatic rings. The summed E-state index contributed by atoms with van der Waals surface area (Å²) < 4.78 is 12.9. The summed E-state index contributed by atoms with van der Waals surface area (Å²) in [6.07, 6.45) is -0.384. The maximum Gasteiger partial charge on any atom is 0.357 e. The Bertz CT molecular complexity index is 1280. The van der Waals surface area contributed by atoms with Crippen LogP contribution in [-0.2, 0) is 9.53 Å². The van der Waals surface area contributed by atoms with Crippen LogP contribution >= 0.6 is 23.1 Å². The SMILES string of the molecule is CCOC(=O)c1csc(NC(=O)CSc2nnc([C@@H](C)Oc3ccccc3)n2-c2ccccc2)n1. The number of para-hydroxylation sites is 2. The second kappa shape index (κ2) is 11.6. The predicted molar refractivity (Wildman–Crippen MR) is 134 cm³/mol. The summed E-state index contributed by atoms with van der Waals surface area (Å²) in [4.78, 5) is 28.4. The fraction of sp³-hybridized carbons (Fsp3) is 0.208. The van der Waals surface area contributed by atoms with E-state index < -0.39 is 5.97 Å². The number of carbonyl (C=O) groups excluding carboxylic acids is 2. The minimum absolute atomic E-state index is 0.0766. The second-order valence-corrected chi connectivity index (χ2v) is 8.98. The molecule has 1 amide bonds. The van der Waals surface area contributed by atoms with E-state index in [1.54, 1.807) is 12.3 Å². The van der Waals surface area contributed by atoms with Gasteiger partial charge in [0.05, 0.1) is 12.4 Å². The van der Waals surface area contributed by atoms with Crippen molar-refractivity contribution in [2.24, 2.45) is 0 Å². The summed E-state index contributed by atoms with van der Waals surface area (Å²) in [5.41, 5.74) is 1.03. The number of thioether (sulfide) groups is 1. The van der Waals surface area contributed by atoms with E-state index in [0.29, 0.717) is 16.1 Å². The van der Waals surface area contributed by atoms with Crippen molar-refractivity contribution in [1.29, 1.82) is 0 Å². The van der Waals surface area contributed by atoms with Crippen molar-refractivity contribution in [2.45, 2.75) is 25.1 Å². The number of amides is 1. The molecule has 0 fully saturated rings. The zero-order valence-electron chi connectivity index (χ0n) is 19.1. The highest BCUT2D eigenvalue weighted by molar-refractivity contribution is 7.99. The molecule has 4 rings (SSSR count). The lowest BCUT2D eigenvalue weighted by molar-refractivity contribution is -0.113. The maximum atomic E-state index is 12.6. The molecule has 35 heavy (non-hydrogen) atoms. The lowest BCUT2D eigenvalue weighted by atomic mass is 10.3. The third-order valence-corrected chi connectivity index (χ3v) is 6.35. The highest BCUT2D eigenvalue weighted by Gasteiger charge is 2.22. The monoisotopic (exact) mass is 509 g/mol. The lowest BCUT2D eigenvalue weighted by Crippen LogP contribution is -2.15. The molecule has 0 saturated heterocycles. The highest BCUT2D eigenvalue weighted by Crippen LogP contribution is 2.28. The molecular formula is C24H23N5O4S2. The van der Waals surface area contributed by atoms with Gasteiger partial charge in [0.2, 0.25) is 5.91 Å². The Kier molecular flexibility index (Phi) is 8.11. The van der Waals surface area contributed by atoms with E-state index in [9.17, 15) is 9.59 Å². The molecule has 0 aliphatic heterocycles. The number of thiazole rings is 1. The molecule has 0 bridgehead atoms. The van der Waals surface area contributed by atoms with Crippen LogP contribution in [0.2, 0.25) is 0 Å². The fourth-order valence-corrected chi connectivity index (χ4v) is 4.58. The van der Waals surface area contributed by atoms with Crippen LogP contribution in [0.4, 0.5) is 5.13 Å². The van der Waals surface area contributed by atoms with E-state index in [4.69, 9.17) is 9.47 Å². The Morgan fingerprint density at radius 2 is 1.80 bits per heavy atom. The summed E-state index contributed by atoms with van der Waals surface area (Å²) >= 11 is 2.40. The Morgan fingerprint density at radius 3 is 2.51 bits per heavy atom. The number of benzene rings is 2. The molecule has 0 saturated carbocycles. The number of esters is 1. The lowest BCUT2D eigenvalue weighted by Gasteiger charge is -2.16. The minimum atomic E-state index is -0.519. The molecule has 0 aliphatic rings. The first kappa shape index (κ1) is 24.4. The highest BCUT2D eigenvalue weighted by atomic mass is 32.2. The topological polar surface area (TPSA) is 108 Å². The number of hydrogen-bond acceptors (Lipinski definition) is 9. The Balaban J connectivity index is 1.47. The third kappa shape index (κ3) is 6.25. The minimum Gasteiger partial charge on any atom is -0.483 e. The Labute approximate surface area is 210 Å². The zero-order valence-corrected chi connectivity index (χ0v) is 20.7. The molecule has 2 heterocycles. The molecule has 0 radical (unpaired) electrons. The molecule has 180 valence electrons. The largest absolute Gasteiger partial charge is 0.483 e. The summed E-state index contributed by atoms with van der Waals surface area (Å²) in [6, 6.07) is 19.2. The number of rotatable bonds is 10. The second-order valence-electron chi connectivity index (χ2n) is 7.18. The zero-order chi connectivity index (χ0) is 24.6. The van der Waals surface area contributed by atoms with Crippen LogP contribution in [0, 0.1) is 0 Å². The van der Waals surface area contributed by atoms with Crippen molar-refractivity contribution < 1.29 is 19.1 Å². The van der Waals surface area contributed by atoms with Crippen molar-refractivity contribution >= 4 is 40.1 Å². The van der Waals surface area contributed by atoms with Crippen LogP contribution in [0.3, 0.4) is 0 Å². The van der Waals surface area contributed by atoms with Gasteiger partial charge in [0.15, 0.2) is 27.9 Å². The van der Waals surface area contributed by atoms with Crippen molar-refractivity contribution in [3.05, 3.63) is 77.6 Å². The van der Waals surface area contributed by atoms with E-state index in [1.807, 2.05) is 72.2 Å². The molecular weight excluding hydrogens is 486 g/mol. The number of aromatic nitrogens is 4. The van der Waals surface area contributed by atoms with Crippen LogP contribution < -0.4 is 10.1 Å². The molecule has 0 unspecified atom stereocenters. The molecule has 2 aromatic carbocycles. The number of hydrogen-bond donors (Lipinski definition) is 1. The van der Waals surface area contributed by atoms with Gasteiger partial charge in [-0.1, -0.05) is 48.2 Å². The quantitative estimate of drug-likeness (QED) is 0.241. The Morgan fingerprint density at radius 1 is 1.09 bits per heavy atom. The van der Waals surface area contributed by atoms with Crippen molar-refractivity contribution in [3.63, 3.8) is 0 Å². The van der Waals surface area contributed by atoms with Gasteiger partial charge in [-0.15, -0.1) is 21.5 Å². The number of ether oxygens (including phenoxy) is 2. The van der Waals surface area contributed by atoms with Gasteiger partial charge in [0.25, 0.3) is 0 Å². The average Bonchev–Trinajstić information content (AvgIpc) is 3.51. The maximum absolute atomic E-state index is 12.6. The first-order valence-corrected chi connectivity index (χ1v) is 12.7. The van der Waals surface area contributed by atoms with E-state index in [2.05, 4.69) is 20.5 Å². The molecule has 1 atom stereocenters. The third-order valence-electron chi connectivity index (χ3n) is 4.66. The van der Waals surface area contributed by atoms with Crippen molar-refractivity contribution in [2.75, 3.05) is 17.7 Å². The van der Waals surface area contributed by atoms with Gasteiger partial charge in [-0.05, 0) is 38.1 Å². The first-order chi connectivity index (χ1) is 17.0. The summed E-state index contributed by atoms with van der Waals surface area (Å²) in [5.74, 6) is 0.614. The predicted octanol–water partition coefficient (Wildman–Crippen LogP) is 4.77. The van der Waals surface area contributed by atoms with Gasteiger partial charge in [0.1, 0.15) is 5.75 Å². The van der Waals surface area contributed by atoms with E-state index in [-0.39, 0.29) is 30.1 Å². The van der Waals surface area contributed by atoms with Gasteiger partial charge < -0.3 is 14.8 Å². The molecule has 0 spiro atoms. The molecule has 2 aromatic heterocycles. The summed E-state index contributed by atoms with van der Waals surface area (Å²) in [7, 11) is 0. The molecule has 9 nitrogen and oxygen atoms in total. The standard InChI is InChI=1S/C24H23N5O4S2/c1-3-32-22(31)19-14-34-23(25-19)26-20(30)15-35-24-28-27-21(29(24)17-10-6-4-7-11-17)16(2)33-18-12-8-5-9-13-18/h4-14,16H,3,15H2,1-2H3,(H,25,26,30)/t16-/m1/s1. The van der Waals surface area contributed by atoms with Gasteiger partial charge in [-0.3, -0.25) is 9.36 Å². The van der Waals surface area contributed by atoms with E-state index >= 15 is 0 Å². The van der Waals surface area contributed by atoms with Gasteiger partial charge in [-0.25, -0.2) is 9.78 Å². The van der Waals surface area contributed by atoms with Crippen molar-refractivity contribution in [1.82, 2.24) is 19.7 Å². The van der Waals surface area contributed by atoms with Crippen LogP contribution in [-0.4, -0.2) is 44.0 Å². The van der Waals surface area contributed by atoms with Crippen LogP contribution in [0.25, 0.3) is 5.69 Å². The van der Waals surface area contributed by atoms with E-state index in [0.717, 1.165) is 22.8 Å². The van der Waals surface area contributed by atoms with Gasteiger partial charge in [0, 0.05) is 11.1 Å². The average molecular weight is 510 g/mol. The van der Waals surface area contributed by atoms with Crippen molar-refractivity contribution in [3.8, 4) is 11.4 Å². The molecule has 11 heteroatoms. The number of nitrogens with one attached hydrogen (secondary N) is 1. The normalized spacial score (nSPS) is 11.6. The van der Waals surface area contributed by atoms with Crippen LogP contribution in [0.5, 0.6) is 5.75 Å². The van der Waals surface area contributed by atoms with Gasteiger partial charge >= 0.3 is 5.97 Å². The number of carbonyl (C=O) groups is 2. The summed E-state index contributed by atoms with van der Waals surface area (Å²) in [6.45, 7) is 3.88. The number of nitrogens with zero attached hydrogens (tertiary/aromatic N) is 4. The number of anilines is 1. The first-order valence-electron chi connectivity index (χ1n) is 10.8. The summed E-state index contributed by atoms with van der Waals surface area (Å²) in [5, 5.41) is 13.8. The fourth-order valence-electron chi connectivity index (χ4n) is 3.13. The van der Waals surface area contributed by atoms with Crippen LogP contribution in [0.1, 0.15) is 36.3 Å². The van der Waals surface area contributed by atoms with E-state index in [1.165, 1.54) is 11.8 Å².